The van der Waals surface area contributed by atoms with Crippen molar-refractivity contribution in [1.29, 1.82) is 0 Å². The summed E-state index contributed by atoms with van der Waals surface area (Å²) in [5, 5.41) is 17.1. The fraction of sp³-hybridized carbons (Fsp3) is 0.267. The van der Waals surface area contributed by atoms with E-state index >= 15 is 0 Å². The highest BCUT2D eigenvalue weighted by atomic mass is 32.1. The van der Waals surface area contributed by atoms with E-state index in [9.17, 15) is 14.9 Å². The number of hydrogen-bond donors (Lipinski definition) is 1. The van der Waals surface area contributed by atoms with Crippen molar-refractivity contribution in [2.75, 3.05) is 13.2 Å². The van der Waals surface area contributed by atoms with Crippen LogP contribution in [-0.4, -0.2) is 30.1 Å². The van der Waals surface area contributed by atoms with E-state index in [0.29, 0.717) is 24.5 Å². The maximum atomic E-state index is 11.9. The van der Waals surface area contributed by atoms with Crippen molar-refractivity contribution in [1.82, 2.24) is 5.32 Å². The number of carbonyl (C=O) groups excluding carboxylic acids is 1. The zero-order valence-electron chi connectivity index (χ0n) is 12.1. The Bertz CT molecular complexity index is 713. The first kappa shape index (κ1) is 15.3. The molecule has 0 saturated heterocycles. The predicted molar refractivity (Wildman–Crippen MR) is 84.0 cm³/mol. The second-order valence-electron chi connectivity index (χ2n) is 5.06. The second-order valence-corrected chi connectivity index (χ2v) is 5.80. The molecule has 2 heterocycles. The fourth-order valence-corrected chi connectivity index (χ4v) is 2.84. The average molecular weight is 334 g/mol. The summed E-state index contributed by atoms with van der Waals surface area (Å²) in [5.74, 6) is 1.28. The molecule has 0 spiro atoms. The molecule has 0 radical (unpaired) electrons. The Kier molecular flexibility index (Phi) is 4.42. The van der Waals surface area contributed by atoms with Crippen LogP contribution >= 0.6 is 11.3 Å². The largest absolute Gasteiger partial charge is 0.485 e. The molecule has 8 heteroatoms. The smallest absolute Gasteiger partial charge is 0.269 e. The van der Waals surface area contributed by atoms with Crippen LogP contribution in [0.25, 0.3) is 0 Å². The standard InChI is InChI=1S/C15H14N2O5S/c18-15(5-10-1-3-11(4-2-10)17(19)20)16-6-12-7-21-13-8-23-9-14(13)22-12/h1-4,8-9,12H,5-7H2,(H,16,18). The summed E-state index contributed by atoms with van der Waals surface area (Å²) >= 11 is 1.50. The van der Waals surface area contributed by atoms with Crippen LogP contribution < -0.4 is 14.8 Å². The Labute approximate surface area is 136 Å². The van der Waals surface area contributed by atoms with Crippen LogP contribution in [0.1, 0.15) is 5.56 Å². The molecule has 0 aliphatic carbocycles. The van der Waals surface area contributed by atoms with Crippen molar-refractivity contribution in [3.05, 3.63) is 50.7 Å². The second kappa shape index (κ2) is 6.66. The van der Waals surface area contributed by atoms with E-state index in [1.807, 2.05) is 10.8 Å². The number of ether oxygens (including phenoxy) is 2. The Morgan fingerprint density at radius 3 is 2.78 bits per heavy atom. The van der Waals surface area contributed by atoms with Crippen molar-refractivity contribution >= 4 is 22.9 Å². The molecular weight excluding hydrogens is 320 g/mol. The van der Waals surface area contributed by atoms with Crippen molar-refractivity contribution in [3.63, 3.8) is 0 Å². The molecule has 3 rings (SSSR count). The minimum absolute atomic E-state index is 0.00785. The minimum Gasteiger partial charge on any atom is -0.485 e. The van der Waals surface area contributed by atoms with E-state index in [1.165, 1.54) is 23.5 Å². The van der Waals surface area contributed by atoms with Gasteiger partial charge in [-0.1, -0.05) is 12.1 Å². The van der Waals surface area contributed by atoms with Crippen LogP contribution in [0.5, 0.6) is 11.5 Å². The Balaban J connectivity index is 1.47. The molecule has 0 bridgehead atoms. The highest BCUT2D eigenvalue weighted by molar-refractivity contribution is 7.08. The molecule has 1 amide bonds. The number of benzene rings is 1. The number of hydrogen-bond acceptors (Lipinski definition) is 6. The molecular formula is C15H14N2O5S. The number of rotatable bonds is 5. The molecule has 7 nitrogen and oxygen atoms in total. The normalized spacial score (nSPS) is 15.9. The summed E-state index contributed by atoms with van der Waals surface area (Å²) in [7, 11) is 0. The van der Waals surface area contributed by atoms with Gasteiger partial charge in [0, 0.05) is 22.9 Å². The van der Waals surface area contributed by atoms with Crippen LogP contribution in [0, 0.1) is 10.1 Å². The Morgan fingerprint density at radius 2 is 2.04 bits per heavy atom. The molecule has 1 aliphatic heterocycles. The summed E-state index contributed by atoms with van der Waals surface area (Å²) < 4.78 is 11.2. The maximum Gasteiger partial charge on any atom is 0.269 e. The Hall–Kier alpha value is -2.61. The minimum atomic E-state index is -0.469. The number of carbonyl (C=O) groups is 1. The molecule has 1 aromatic heterocycles. The third kappa shape index (κ3) is 3.78. The van der Waals surface area contributed by atoms with Crippen LogP contribution in [-0.2, 0) is 11.2 Å². The first-order chi connectivity index (χ1) is 11.1. The molecule has 120 valence electrons. The van der Waals surface area contributed by atoms with Crippen LogP contribution in [0.2, 0.25) is 0 Å². The number of fused-ring (bicyclic) bond motifs is 1. The highest BCUT2D eigenvalue weighted by Gasteiger charge is 2.22. The number of nitro benzene ring substituents is 1. The van der Waals surface area contributed by atoms with E-state index < -0.39 is 4.92 Å². The molecule has 1 N–H and O–H groups in total. The first-order valence-corrected chi connectivity index (χ1v) is 7.92. The van der Waals surface area contributed by atoms with Gasteiger partial charge in [0.25, 0.3) is 5.69 Å². The molecule has 1 unspecified atom stereocenters. The van der Waals surface area contributed by atoms with Gasteiger partial charge in [0.1, 0.15) is 12.7 Å². The van der Waals surface area contributed by atoms with E-state index in [-0.39, 0.29) is 24.1 Å². The summed E-state index contributed by atoms with van der Waals surface area (Å²) in [6.07, 6.45) is -0.0622. The van der Waals surface area contributed by atoms with Crippen molar-refractivity contribution in [2.24, 2.45) is 0 Å². The number of nitrogens with zero attached hydrogens (tertiary/aromatic N) is 1. The van der Waals surface area contributed by atoms with Gasteiger partial charge in [0.2, 0.25) is 5.91 Å². The number of non-ortho nitro benzene ring substituents is 1. The van der Waals surface area contributed by atoms with E-state index in [0.717, 1.165) is 5.75 Å². The van der Waals surface area contributed by atoms with Gasteiger partial charge in [0.05, 0.1) is 17.9 Å². The van der Waals surface area contributed by atoms with Crippen molar-refractivity contribution < 1.29 is 19.2 Å². The zero-order valence-corrected chi connectivity index (χ0v) is 12.9. The zero-order chi connectivity index (χ0) is 16.2. The molecule has 0 saturated carbocycles. The lowest BCUT2D eigenvalue weighted by Crippen LogP contribution is -2.41. The topological polar surface area (TPSA) is 90.7 Å². The first-order valence-electron chi connectivity index (χ1n) is 6.97. The van der Waals surface area contributed by atoms with Gasteiger partial charge in [0.15, 0.2) is 11.5 Å². The molecule has 0 fully saturated rings. The van der Waals surface area contributed by atoms with E-state index in [1.54, 1.807) is 12.1 Å². The third-order valence-corrected chi connectivity index (χ3v) is 4.05. The number of nitrogens with one attached hydrogen (secondary N) is 1. The van der Waals surface area contributed by atoms with Crippen molar-refractivity contribution in [3.8, 4) is 11.5 Å². The lowest BCUT2D eigenvalue weighted by molar-refractivity contribution is -0.384. The fourth-order valence-electron chi connectivity index (χ4n) is 2.17. The van der Waals surface area contributed by atoms with Gasteiger partial charge in [-0.25, -0.2) is 0 Å². The predicted octanol–water partition coefficient (Wildman–Crippen LogP) is 2.16. The maximum absolute atomic E-state index is 11.9. The lowest BCUT2D eigenvalue weighted by atomic mass is 10.1. The van der Waals surface area contributed by atoms with Gasteiger partial charge in [-0.05, 0) is 5.56 Å². The third-order valence-electron chi connectivity index (χ3n) is 3.35. The van der Waals surface area contributed by atoms with Crippen LogP contribution in [0.15, 0.2) is 35.0 Å². The summed E-state index contributed by atoms with van der Waals surface area (Å²) in [5.41, 5.74) is 0.725. The number of nitro groups is 1. The van der Waals surface area contributed by atoms with Crippen LogP contribution in [0.4, 0.5) is 5.69 Å². The molecule has 23 heavy (non-hydrogen) atoms. The molecule has 2 aromatic rings. The van der Waals surface area contributed by atoms with E-state index in [4.69, 9.17) is 9.47 Å². The number of thiophene rings is 1. The molecule has 1 atom stereocenters. The summed E-state index contributed by atoms with van der Waals surface area (Å²) in [6, 6.07) is 5.93. The number of amides is 1. The molecule has 1 aromatic carbocycles. The quantitative estimate of drug-likeness (QED) is 0.668. The van der Waals surface area contributed by atoms with Gasteiger partial charge < -0.3 is 14.8 Å². The SMILES string of the molecule is O=C(Cc1ccc([N+](=O)[O-])cc1)NCC1COc2cscc2O1. The average Bonchev–Trinajstić information content (AvgIpc) is 3.01. The lowest BCUT2D eigenvalue weighted by Gasteiger charge is -2.24. The van der Waals surface area contributed by atoms with Gasteiger partial charge in [-0.15, -0.1) is 11.3 Å². The molecule has 1 aliphatic rings. The van der Waals surface area contributed by atoms with Crippen molar-refractivity contribution in [2.45, 2.75) is 12.5 Å². The summed E-state index contributed by atoms with van der Waals surface area (Å²) in [6.45, 7) is 0.739. The van der Waals surface area contributed by atoms with Gasteiger partial charge in [-0.3, -0.25) is 14.9 Å². The highest BCUT2D eigenvalue weighted by Crippen LogP contribution is 2.35. The summed E-state index contributed by atoms with van der Waals surface area (Å²) in [4.78, 5) is 22.0. The van der Waals surface area contributed by atoms with E-state index in [2.05, 4.69) is 5.32 Å². The monoisotopic (exact) mass is 334 g/mol. The Morgan fingerprint density at radius 1 is 1.30 bits per heavy atom. The van der Waals surface area contributed by atoms with Gasteiger partial charge in [-0.2, -0.15) is 0 Å². The van der Waals surface area contributed by atoms with Gasteiger partial charge >= 0.3 is 0 Å². The van der Waals surface area contributed by atoms with Crippen LogP contribution in [0.3, 0.4) is 0 Å².